The van der Waals surface area contributed by atoms with Gasteiger partial charge >= 0.3 is 10.1 Å². The third kappa shape index (κ3) is 5.80. The molecule has 2 amide bonds. The highest BCUT2D eigenvalue weighted by molar-refractivity contribution is 8.18. The van der Waals surface area contributed by atoms with Crippen molar-refractivity contribution in [3.63, 3.8) is 0 Å². The zero-order valence-electron chi connectivity index (χ0n) is 20.1. The van der Waals surface area contributed by atoms with Crippen molar-refractivity contribution < 1.29 is 26.9 Å². The molecular formula is C27H25NO6S2. The fourth-order valence-electron chi connectivity index (χ4n) is 3.49. The van der Waals surface area contributed by atoms with Crippen molar-refractivity contribution in [1.82, 2.24) is 4.90 Å². The van der Waals surface area contributed by atoms with Gasteiger partial charge < -0.3 is 8.92 Å². The first-order chi connectivity index (χ1) is 17.2. The number of hydrogen-bond donors (Lipinski definition) is 0. The summed E-state index contributed by atoms with van der Waals surface area (Å²) >= 11 is 0.861. The summed E-state index contributed by atoms with van der Waals surface area (Å²) in [6.45, 7) is 6.06. The van der Waals surface area contributed by atoms with Crippen LogP contribution in [0.5, 0.6) is 11.5 Å². The predicted molar refractivity (Wildman–Crippen MR) is 139 cm³/mol. The van der Waals surface area contributed by atoms with Gasteiger partial charge in [0.25, 0.3) is 11.1 Å². The maximum Gasteiger partial charge on any atom is 0.339 e. The van der Waals surface area contributed by atoms with Crippen molar-refractivity contribution >= 4 is 39.1 Å². The van der Waals surface area contributed by atoms with Gasteiger partial charge in [-0.05, 0) is 74.0 Å². The average molecular weight is 524 g/mol. The lowest BCUT2D eigenvalue weighted by atomic mass is 10.1. The zero-order chi connectivity index (χ0) is 25.9. The molecule has 1 aliphatic heterocycles. The SMILES string of the molecule is CCOc1cc(/C=C2\SC(=O)N(Cc3ccc(C)cc3)C2=O)ccc1OS(=O)(=O)c1ccc(C)cc1. The number of imide groups is 1. The third-order valence-electron chi connectivity index (χ3n) is 5.41. The summed E-state index contributed by atoms with van der Waals surface area (Å²) < 4.78 is 36.4. The van der Waals surface area contributed by atoms with E-state index in [2.05, 4.69) is 0 Å². The lowest BCUT2D eigenvalue weighted by Gasteiger charge is -2.13. The van der Waals surface area contributed by atoms with Crippen LogP contribution in [0.15, 0.2) is 76.5 Å². The Balaban J connectivity index is 1.56. The Hall–Kier alpha value is -3.56. The topological polar surface area (TPSA) is 90.0 Å². The summed E-state index contributed by atoms with van der Waals surface area (Å²) in [7, 11) is -4.07. The summed E-state index contributed by atoms with van der Waals surface area (Å²) in [5.41, 5.74) is 3.45. The Morgan fingerprint density at radius 3 is 2.17 bits per heavy atom. The van der Waals surface area contributed by atoms with Gasteiger partial charge in [-0.25, -0.2) is 0 Å². The monoisotopic (exact) mass is 523 g/mol. The van der Waals surface area contributed by atoms with Crippen molar-refractivity contribution in [2.24, 2.45) is 0 Å². The molecule has 1 saturated heterocycles. The maximum absolute atomic E-state index is 12.9. The Morgan fingerprint density at radius 2 is 1.53 bits per heavy atom. The van der Waals surface area contributed by atoms with Gasteiger partial charge in [0.15, 0.2) is 11.5 Å². The van der Waals surface area contributed by atoms with Crippen LogP contribution in [0.1, 0.15) is 29.2 Å². The molecule has 0 aromatic heterocycles. The van der Waals surface area contributed by atoms with Crippen LogP contribution in [0.25, 0.3) is 6.08 Å². The van der Waals surface area contributed by atoms with Gasteiger partial charge in [0.1, 0.15) is 4.90 Å². The van der Waals surface area contributed by atoms with Gasteiger partial charge in [0.2, 0.25) is 0 Å². The van der Waals surface area contributed by atoms with E-state index in [0.29, 0.717) is 5.56 Å². The summed E-state index contributed by atoms with van der Waals surface area (Å²) in [5.74, 6) is -0.145. The molecule has 0 N–H and O–H groups in total. The molecule has 0 atom stereocenters. The van der Waals surface area contributed by atoms with E-state index in [-0.39, 0.29) is 45.6 Å². The minimum Gasteiger partial charge on any atom is -0.490 e. The first kappa shape index (κ1) is 25.5. The van der Waals surface area contributed by atoms with Crippen molar-refractivity contribution in [1.29, 1.82) is 0 Å². The number of ether oxygens (including phenoxy) is 1. The summed E-state index contributed by atoms with van der Waals surface area (Å²) in [6.07, 6.45) is 1.58. The molecule has 0 spiro atoms. The fourth-order valence-corrected chi connectivity index (χ4v) is 5.26. The van der Waals surface area contributed by atoms with Crippen molar-refractivity contribution in [3.8, 4) is 11.5 Å². The lowest BCUT2D eigenvalue weighted by Crippen LogP contribution is -2.27. The minimum atomic E-state index is -4.07. The number of rotatable bonds is 8. The van der Waals surface area contributed by atoms with Crippen molar-refractivity contribution in [2.45, 2.75) is 32.2 Å². The molecule has 0 aliphatic carbocycles. The minimum absolute atomic E-state index is 0.0295. The molecule has 0 unspecified atom stereocenters. The predicted octanol–water partition coefficient (Wildman–Crippen LogP) is 5.71. The molecular weight excluding hydrogens is 498 g/mol. The van der Waals surface area contributed by atoms with Crippen LogP contribution < -0.4 is 8.92 Å². The highest BCUT2D eigenvalue weighted by Crippen LogP contribution is 2.36. The molecule has 7 nitrogen and oxygen atoms in total. The van der Waals surface area contributed by atoms with Crippen LogP contribution in [-0.4, -0.2) is 31.1 Å². The summed E-state index contributed by atoms with van der Waals surface area (Å²) in [6, 6.07) is 18.6. The van der Waals surface area contributed by atoms with Gasteiger partial charge in [0, 0.05) is 0 Å². The molecule has 0 bridgehead atoms. The fraction of sp³-hybridized carbons (Fsp3) is 0.185. The Labute approximate surface area is 214 Å². The summed E-state index contributed by atoms with van der Waals surface area (Å²) in [4.78, 5) is 26.9. The van der Waals surface area contributed by atoms with Gasteiger partial charge in [0.05, 0.1) is 18.1 Å². The van der Waals surface area contributed by atoms with Gasteiger partial charge in [-0.3, -0.25) is 14.5 Å². The van der Waals surface area contributed by atoms with Crippen LogP contribution in [0, 0.1) is 13.8 Å². The Bertz CT molecular complexity index is 1430. The van der Waals surface area contributed by atoms with Gasteiger partial charge in [-0.2, -0.15) is 8.42 Å². The van der Waals surface area contributed by atoms with Gasteiger partial charge in [-0.15, -0.1) is 0 Å². The average Bonchev–Trinajstić information content (AvgIpc) is 3.09. The van der Waals surface area contributed by atoms with Crippen LogP contribution in [0.2, 0.25) is 0 Å². The molecule has 9 heteroatoms. The standard InChI is InChI=1S/C27H25NO6S2/c1-4-33-24-15-21(11-14-23(24)34-36(31,32)22-12-7-19(3)8-13-22)16-25-26(29)28(27(30)35-25)17-20-9-5-18(2)6-10-20/h5-16H,4,17H2,1-3H3/b25-16-. The van der Waals surface area contributed by atoms with E-state index in [0.717, 1.165) is 28.5 Å². The van der Waals surface area contributed by atoms with E-state index in [9.17, 15) is 18.0 Å². The first-order valence-corrected chi connectivity index (χ1v) is 13.5. The molecule has 0 radical (unpaired) electrons. The number of thioether (sulfide) groups is 1. The highest BCUT2D eigenvalue weighted by atomic mass is 32.2. The molecule has 186 valence electrons. The molecule has 3 aromatic rings. The largest absolute Gasteiger partial charge is 0.490 e. The van der Waals surface area contributed by atoms with E-state index in [1.807, 2.05) is 38.1 Å². The smallest absolute Gasteiger partial charge is 0.339 e. The number of hydrogen-bond acceptors (Lipinski definition) is 7. The molecule has 4 rings (SSSR count). The second kappa shape index (κ2) is 10.6. The van der Waals surface area contributed by atoms with E-state index in [1.165, 1.54) is 23.1 Å². The Kier molecular flexibility index (Phi) is 7.51. The van der Waals surface area contributed by atoms with E-state index < -0.39 is 10.1 Å². The number of benzene rings is 3. The van der Waals surface area contributed by atoms with Crippen LogP contribution >= 0.6 is 11.8 Å². The van der Waals surface area contributed by atoms with Crippen LogP contribution in [0.3, 0.4) is 0 Å². The third-order valence-corrected chi connectivity index (χ3v) is 7.57. The molecule has 0 saturated carbocycles. The van der Waals surface area contributed by atoms with Crippen LogP contribution in [-0.2, 0) is 21.5 Å². The van der Waals surface area contributed by atoms with Crippen molar-refractivity contribution in [2.75, 3.05) is 6.61 Å². The molecule has 1 heterocycles. The first-order valence-electron chi connectivity index (χ1n) is 11.2. The van der Waals surface area contributed by atoms with E-state index in [4.69, 9.17) is 8.92 Å². The molecule has 1 aliphatic rings. The zero-order valence-corrected chi connectivity index (χ0v) is 21.7. The number of carbonyl (C=O) groups is 2. The van der Waals surface area contributed by atoms with Crippen molar-refractivity contribution in [3.05, 3.63) is 93.9 Å². The summed E-state index contributed by atoms with van der Waals surface area (Å²) in [5, 5.41) is -0.346. The van der Waals surface area contributed by atoms with E-state index in [1.54, 1.807) is 37.3 Å². The van der Waals surface area contributed by atoms with Crippen LogP contribution in [0.4, 0.5) is 4.79 Å². The maximum atomic E-state index is 12.9. The molecule has 36 heavy (non-hydrogen) atoms. The number of carbonyl (C=O) groups excluding carboxylic acids is 2. The van der Waals surface area contributed by atoms with Gasteiger partial charge in [-0.1, -0.05) is 53.6 Å². The number of aryl methyl sites for hydroxylation is 2. The van der Waals surface area contributed by atoms with E-state index >= 15 is 0 Å². The number of amides is 2. The highest BCUT2D eigenvalue weighted by Gasteiger charge is 2.35. The molecule has 1 fully saturated rings. The lowest BCUT2D eigenvalue weighted by molar-refractivity contribution is -0.123. The Morgan fingerprint density at radius 1 is 0.889 bits per heavy atom. The second-order valence-electron chi connectivity index (χ2n) is 8.24. The normalized spacial score (nSPS) is 15.0. The molecule has 3 aromatic carbocycles. The number of nitrogens with zero attached hydrogens (tertiary/aromatic N) is 1. The quantitative estimate of drug-likeness (QED) is 0.276. The second-order valence-corrected chi connectivity index (χ2v) is 10.8.